The van der Waals surface area contributed by atoms with Crippen molar-refractivity contribution < 1.29 is 9.18 Å². The molecule has 0 aliphatic carbocycles. The number of aromatic nitrogens is 3. The molecule has 160 valence electrons. The zero-order valence-electron chi connectivity index (χ0n) is 17.1. The standard InChI is InChI=1S/C22H21FN4O2S2/c1-3-4-10-27-21(29)19-18(15-6-5-9-24-20(15)31-19)26-22(27)30-12-17(28)25-14-8-7-13(2)16(23)11-14/h5-9,11H,3-4,10,12H2,1-2H3,(H,25,28). The van der Waals surface area contributed by atoms with E-state index in [1.807, 2.05) is 12.1 Å². The van der Waals surface area contributed by atoms with Crippen molar-refractivity contribution in [1.29, 1.82) is 0 Å². The zero-order valence-corrected chi connectivity index (χ0v) is 18.8. The molecule has 4 rings (SSSR count). The minimum atomic E-state index is -0.371. The van der Waals surface area contributed by atoms with Gasteiger partial charge in [-0.3, -0.25) is 14.2 Å². The van der Waals surface area contributed by atoms with Gasteiger partial charge in [0.05, 0.1) is 11.3 Å². The van der Waals surface area contributed by atoms with Crippen LogP contribution in [0.25, 0.3) is 20.4 Å². The molecule has 0 unspecified atom stereocenters. The Hall–Kier alpha value is -2.78. The summed E-state index contributed by atoms with van der Waals surface area (Å²) < 4.78 is 16.0. The Kier molecular flexibility index (Phi) is 6.33. The molecule has 9 heteroatoms. The summed E-state index contributed by atoms with van der Waals surface area (Å²) in [6.07, 6.45) is 3.46. The number of fused-ring (bicyclic) bond motifs is 3. The first kappa shape index (κ1) is 21.5. The second-order valence-electron chi connectivity index (χ2n) is 7.14. The van der Waals surface area contributed by atoms with Crippen molar-refractivity contribution in [3.63, 3.8) is 0 Å². The van der Waals surface area contributed by atoms with Crippen LogP contribution in [-0.4, -0.2) is 26.2 Å². The van der Waals surface area contributed by atoms with E-state index in [0.29, 0.717) is 33.2 Å². The number of hydrogen-bond acceptors (Lipinski definition) is 6. The van der Waals surface area contributed by atoms with Gasteiger partial charge < -0.3 is 5.32 Å². The van der Waals surface area contributed by atoms with Gasteiger partial charge in [-0.25, -0.2) is 14.4 Å². The highest BCUT2D eigenvalue weighted by molar-refractivity contribution is 7.99. The fourth-order valence-electron chi connectivity index (χ4n) is 3.16. The van der Waals surface area contributed by atoms with Crippen LogP contribution in [0.5, 0.6) is 0 Å². The van der Waals surface area contributed by atoms with Crippen LogP contribution in [0.3, 0.4) is 0 Å². The van der Waals surface area contributed by atoms with Crippen molar-refractivity contribution in [3.05, 3.63) is 58.3 Å². The van der Waals surface area contributed by atoms with E-state index in [2.05, 4.69) is 17.2 Å². The average Bonchev–Trinajstić information content (AvgIpc) is 3.13. The highest BCUT2D eigenvalue weighted by Crippen LogP contribution is 2.30. The smallest absolute Gasteiger partial charge is 0.272 e. The first-order chi connectivity index (χ1) is 15.0. The number of carbonyl (C=O) groups is 1. The summed E-state index contributed by atoms with van der Waals surface area (Å²) in [5, 5.41) is 4.03. The van der Waals surface area contributed by atoms with Crippen LogP contribution in [0.2, 0.25) is 0 Å². The van der Waals surface area contributed by atoms with Gasteiger partial charge in [0.25, 0.3) is 5.56 Å². The number of unbranched alkanes of at least 4 members (excludes halogenated alkanes) is 1. The van der Waals surface area contributed by atoms with Crippen molar-refractivity contribution in [2.24, 2.45) is 0 Å². The Balaban J connectivity index is 1.63. The maximum atomic E-state index is 13.7. The number of thioether (sulfide) groups is 1. The Bertz CT molecular complexity index is 1330. The van der Waals surface area contributed by atoms with Crippen molar-refractivity contribution in [2.75, 3.05) is 11.1 Å². The van der Waals surface area contributed by atoms with Gasteiger partial charge in [-0.2, -0.15) is 0 Å². The highest BCUT2D eigenvalue weighted by Gasteiger charge is 2.17. The van der Waals surface area contributed by atoms with Crippen molar-refractivity contribution >= 4 is 55.1 Å². The van der Waals surface area contributed by atoms with Gasteiger partial charge in [-0.15, -0.1) is 11.3 Å². The number of thiophene rings is 1. The number of aryl methyl sites for hydroxylation is 1. The molecule has 31 heavy (non-hydrogen) atoms. The van der Waals surface area contributed by atoms with E-state index < -0.39 is 0 Å². The fourth-order valence-corrected chi connectivity index (χ4v) is 5.01. The lowest BCUT2D eigenvalue weighted by Crippen LogP contribution is -2.23. The Morgan fingerprint density at radius 3 is 2.94 bits per heavy atom. The molecule has 0 spiro atoms. The van der Waals surface area contributed by atoms with E-state index >= 15 is 0 Å². The van der Waals surface area contributed by atoms with E-state index in [9.17, 15) is 14.0 Å². The number of rotatable bonds is 7. The molecule has 0 aliphatic heterocycles. The summed E-state index contributed by atoms with van der Waals surface area (Å²) in [6.45, 7) is 4.26. The molecule has 6 nitrogen and oxygen atoms in total. The van der Waals surface area contributed by atoms with Crippen molar-refractivity contribution in [2.45, 2.75) is 38.4 Å². The average molecular weight is 457 g/mol. The lowest BCUT2D eigenvalue weighted by Gasteiger charge is -2.12. The third kappa shape index (κ3) is 4.47. The molecule has 4 aromatic rings. The molecule has 1 amide bonds. The Morgan fingerprint density at radius 2 is 2.16 bits per heavy atom. The molecule has 1 aromatic carbocycles. The predicted octanol–water partition coefficient (Wildman–Crippen LogP) is 4.98. The molecule has 1 N–H and O–H groups in total. The van der Waals surface area contributed by atoms with Crippen LogP contribution < -0.4 is 10.9 Å². The van der Waals surface area contributed by atoms with E-state index in [1.54, 1.807) is 29.8 Å². The maximum absolute atomic E-state index is 13.7. The molecular weight excluding hydrogens is 435 g/mol. The number of nitrogens with one attached hydrogen (secondary N) is 1. The lowest BCUT2D eigenvalue weighted by atomic mass is 10.2. The molecule has 3 heterocycles. The minimum absolute atomic E-state index is 0.0554. The van der Waals surface area contributed by atoms with Gasteiger partial charge in [0.1, 0.15) is 15.3 Å². The number of benzene rings is 1. The normalized spacial score (nSPS) is 11.3. The number of nitrogens with zero attached hydrogens (tertiary/aromatic N) is 3. The highest BCUT2D eigenvalue weighted by atomic mass is 32.2. The van der Waals surface area contributed by atoms with E-state index in [1.165, 1.54) is 29.2 Å². The molecule has 0 radical (unpaired) electrons. The molecule has 0 atom stereocenters. The summed E-state index contributed by atoms with van der Waals surface area (Å²) >= 11 is 2.55. The van der Waals surface area contributed by atoms with Crippen LogP contribution in [0.1, 0.15) is 25.3 Å². The monoisotopic (exact) mass is 456 g/mol. The van der Waals surface area contributed by atoms with Crippen molar-refractivity contribution in [1.82, 2.24) is 14.5 Å². The van der Waals surface area contributed by atoms with E-state index in [-0.39, 0.29) is 23.0 Å². The van der Waals surface area contributed by atoms with Crippen LogP contribution in [0.15, 0.2) is 46.5 Å². The molecule has 3 aromatic heterocycles. The second-order valence-corrected chi connectivity index (χ2v) is 9.08. The van der Waals surface area contributed by atoms with Gasteiger partial charge in [0, 0.05) is 23.8 Å². The predicted molar refractivity (Wildman–Crippen MR) is 125 cm³/mol. The first-order valence-corrected chi connectivity index (χ1v) is 11.7. The molecule has 0 fully saturated rings. The quantitative estimate of drug-likeness (QED) is 0.313. The molecule has 0 bridgehead atoms. The number of halogens is 1. The first-order valence-electron chi connectivity index (χ1n) is 9.94. The van der Waals surface area contributed by atoms with Crippen molar-refractivity contribution in [3.8, 4) is 0 Å². The van der Waals surface area contributed by atoms with Gasteiger partial charge >= 0.3 is 0 Å². The van der Waals surface area contributed by atoms with E-state index in [0.717, 1.165) is 23.1 Å². The number of anilines is 1. The third-order valence-electron chi connectivity index (χ3n) is 4.84. The molecule has 0 saturated heterocycles. The van der Waals surface area contributed by atoms with Crippen LogP contribution in [0.4, 0.5) is 10.1 Å². The summed E-state index contributed by atoms with van der Waals surface area (Å²) in [5.74, 6) is -0.606. The number of amides is 1. The van der Waals surface area contributed by atoms with Gasteiger partial charge in [-0.05, 0) is 43.2 Å². The summed E-state index contributed by atoms with van der Waals surface area (Å²) in [5.41, 5.74) is 1.43. The minimum Gasteiger partial charge on any atom is -0.325 e. The second kappa shape index (κ2) is 9.15. The van der Waals surface area contributed by atoms with Crippen LogP contribution in [0, 0.1) is 12.7 Å². The maximum Gasteiger partial charge on any atom is 0.272 e. The summed E-state index contributed by atoms with van der Waals surface area (Å²) in [7, 11) is 0. The van der Waals surface area contributed by atoms with Crippen LogP contribution in [-0.2, 0) is 11.3 Å². The zero-order chi connectivity index (χ0) is 22.0. The molecule has 0 saturated carbocycles. The molecule has 0 aliphatic rings. The molecular formula is C22H21FN4O2S2. The fraction of sp³-hybridized carbons (Fsp3) is 0.273. The topological polar surface area (TPSA) is 76.9 Å². The summed E-state index contributed by atoms with van der Waals surface area (Å²) in [4.78, 5) is 35.5. The SMILES string of the molecule is CCCCn1c(SCC(=O)Nc2ccc(C)c(F)c2)nc2c(sc3ncccc32)c1=O. The van der Waals surface area contributed by atoms with E-state index in [4.69, 9.17) is 4.98 Å². The van der Waals surface area contributed by atoms with Gasteiger partial charge in [-0.1, -0.05) is 31.2 Å². The number of pyridine rings is 1. The number of carbonyl (C=O) groups excluding carboxylic acids is 1. The Morgan fingerprint density at radius 1 is 1.32 bits per heavy atom. The summed E-state index contributed by atoms with van der Waals surface area (Å²) in [6, 6.07) is 8.29. The largest absolute Gasteiger partial charge is 0.325 e. The Labute approximate surface area is 186 Å². The van der Waals surface area contributed by atoms with Crippen LogP contribution >= 0.6 is 23.1 Å². The number of hydrogen-bond donors (Lipinski definition) is 1. The third-order valence-corrected chi connectivity index (χ3v) is 6.91. The van der Waals surface area contributed by atoms with Gasteiger partial charge in [0.2, 0.25) is 5.91 Å². The van der Waals surface area contributed by atoms with Gasteiger partial charge in [0.15, 0.2) is 5.16 Å². The lowest BCUT2D eigenvalue weighted by molar-refractivity contribution is -0.113.